The minimum absolute atomic E-state index is 0.163. The molecule has 0 spiro atoms. The SMILES string of the molecule is COC(=O)C(Cc1ccc(OCCn2c3ccccc3c3cc(-c4nc(C(C)C)no4)ncc32)cc1)C(=O)OC. The Bertz CT molecular complexity index is 1640. The van der Waals surface area contributed by atoms with Crippen LogP contribution in [0.25, 0.3) is 33.4 Å². The summed E-state index contributed by atoms with van der Waals surface area (Å²) < 4.78 is 23.2. The van der Waals surface area contributed by atoms with Crippen molar-refractivity contribution in [1.82, 2.24) is 19.7 Å². The summed E-state index contributed by atoms with van der Waals surface area (Å²) in [6.07, 6.45) is 2.01. The van der Waals surface area contributed by atoms with Crippen molar-refractivity contribution in [2.24, 2.45) is 5.92 Å². The highest BCUT2D eigenvalue weighted by Crippen LogP contribution is 2.31. The van der Waals surface area contributed by atoms with Crippen molar-refractivity contribution in [3.8, 4) is 17.3 Å². The first kappa shape index (κ1) is 26.9. The number of pyridine rings is 1. The van der Waals surface area contributed by atoms with E-state index in [4.69, 9.17) is 18.7 Å². The van der Waals surface area contributed by atoms with Crippen molar-refractivity contribution in [3.63, 3.8) is 0 Å². The van der Waals surface area contributed by atoms with E-state index >= 15 is 0 Å². The first-order chi connectivity index (χ1) is 19.4. The van der Waals surface area contributed by atoms with Crippen molar-refractivity contribution >= 4 is 33.7 Å². The molecule has 0 fully saturated rings. The zero-order chi connectivity index (χ0) is 28.2. The van der Waals surface area contributed by atoms with E-state index in [0.717, 1.165) is 27.4 Å². The van der Waals surface area contributed by atoms with Gasteiger partial charge in [-0.05, 0) is 36.2 Å². The molecule has 0 atom stereocenters. The monoisotopic (exact) mass is 542 g/mol. The number of esters is 2. The van der Waals surface area contributed by atoms with E-state index in [1.165, 1.54) is 14.2 Å². The van der Waals surface area contributed by atoms with Gasteiger partial charge < -0.3 is 23.3 Å². The molecule has 2 aromatic carbocycles. The summed E-state index contributed by atoms with van der Waals surface area (Å²) in [5.74, 6) is -0.376. The van der Waals surface area contributed by atoms with Gasteiger partial charge in [-0.1, -0.05) is 49.3 Å². The van der Waals surface area contributed by atoms with E-state index < -0.39 is 17.9 Å². The Kier molecular flexibility index (Phi) is 7.77. The second-order valence-electron chi connectivity index (χ2n) is 9.66. The molecule has 0 bridgehead atoms. The maximum Gasteiger partial charge on any atom is 0.320 e. The maximum absolute atomic E-state index is 12.0. The second-order valence-corrected chi connectivity index (χ2v) is 9.66. The largest absolute Gasteiger partial charge is 0.492 e. The minimum Gasteiger partial charge on any atom is -0.492 e. The van der Waals surface area contributed by atoms with Crippen molar-refractivity contribution < 1.29 is 28.3 Å². The summed E-state index contributed by atoms with van der Waals surface area (Å²) in [5.41, 5.74) is 3.47. The van der Waals surface area contributed by atoms with Crippen LogP contribution in [0.1, 0.15) is 31.2 Å². The molecule has 0 radical (unpaired) electrons. The molecule has 0 unspecified atom stereocenters. The minimum atomic E-state index is -1.01. The standard InChI is InChI=1S/C30H30N4O6/c1-18(2)27-32-28(40-33-27)24-16-22-21-7-5-6-8-25(21)34(26(22)17-31-24)13-14-39-20-11-9-19(10-12-20)15-23(29(35)37-3)30(36)38-4/h5-12,16-18,23H,13-15H2,1-4H3. The molecule has 0 N–H and O–H groups in total. The fourth-order valence-corrected chi connectivity index (χ4v) is 4.64. The quantitative estimate of drug-likeness (QED) is 0.178. The van der Waals surface area contributed by atoms with E-state index in [1.807, 2.05) is 62.5 Å². The lowest BCUT2D eigenvalue weighted by molar-refractivity contribution is -0.158. The van der Waals surface area contributed by atoms with Crippen molar-refractivity contribution in [1.29, 1.82) is 0 Å². The lowest BCUT2D eigenvalue weighted by Gasteiger charge is -2.13. The first-order valence-electron chi connectivity index (χ1n) is 13.0. The predicted octanol–water partition coefficient (Wildman–Crippen LogP) is 4.95. The van der Waals surface area contributed by atoms with Crippen LogP contribution in [-0.2, 0) is 32.0 Å². The van der Waals surface area contributed by atoms with Gasteiger partial charge in [0.15, 0.2) is 11.7 Å². The maximum atomic E-state index is 12.0. The number of aromatic nitrogens is 4. The summed E-state index contributed by atoms with van der Waals surface area (Å²) >= 11 is 0. The van der Waals surface area contributed by atoms with Gasteiger partial charge in [-0.25, -0.2) is 4.98 Å². The molecule has 3 aromatic heterocycles. The highest BCUT2D eigenvalue weighted by atomic mass is 16.5. The molecule has 3 heterocycles. The van der Waals surface area contributed by atoms with Gasteiger partial charge in [-0.3, -0.25) is 9.59 Å². The number of carbonyl (C=O) groups is 2. The Morgan fingerprint density at radius 2 is 1.68 bits per heavy atom. The average molecular weight is 543 g/mol. The highest BCUT2D eigenvalue weighted by Gasteiger charge is 2.28. The molecule has 0 amide bonds. The van der Waals surface area contributed by atoms with E-state index in [1.54, 1.807) is 0 Å². The van der Waals surface area contributed by atoms with Gasteiger partial charge in [0.2, 0.25) is 0 Å². The topological polar surface area (TPSA) is 119 Å². The van der Waals surface area contributed by atoms with Crippen LogP contribution < -0.4 is 4.74 Å². The number of para-hydroxylation sites is 1. The number of ether oxygens (including phenoxy) is 3. The van der Waals surface area contributed by atoms with Gasteiger partial charge in [0.1, 0.15) is 18.1 Å². The summed E-state index contributed by atoms with van der Waals surface area (Å²) in [4.78, 5) is 33.1. The number of fused-ring (bicyclic) bond motifs is 3. The summed E-state index contributed by atoms with van der Waals surface area (Å²) in [6, 6.07) is 17.4. The molecule has 10 heteroatoms. The molecule has 10 nitrogen and oxygen atoms in total. The number of rotatable bonds is 10. The summed E-state index contributed by atoms with van der Waals surface area (Å²) in [6.45, 7) is 5.04. The molecule has 0 aliphatic rings. The fraction of sp³-hybridized carbons (Fsp3) is 0.300. The molecular weight excluding hydrogens is 512 g/mol. The van der Waals surface area contributed by atoms with E-state index in [2.05, 4.69) is 31.8 Å². The Labute approximate surface area is 230 Å². The molecule has 0 aliphatic carbocycles. The molecule has 40 heavy (non-hydrogen) atoms. The van der Waals surface area contributed by atoms with Gasteiger partial charge in [-0.2, -0.15) is 4.98 Å². The summed E-state index contributed by atoms with van der Waals surface area (Å²) in [5, 5.41) is 6.20. The van der Waals surface area contributed by atoms with E-state index in [0.29, 0.717) is 36.3 Å². The third-order valence-electron chi connectivity index (χ3n) is 6.75. The zero-order valence-electron chi connectivity index (χ0n) is 22.8. The van der Waals surface area contributed by atoms with Crippen LogP contribution in [0.3, 0.4) is 0 Å². The lowest BCUT2D eigenvalue weighted by atomic mass is 9.99. The normalized spacial score (nSPS) is 11.4. The average Bonchev–Trinajstić information content (AvgIpc) is 3.60. The molecule has 206 valence electrons. The van der Waals surface area contributed by atoms with Gasteiger partial charge in [-0.15, -0.1) is 0 Å². The number of nitrogens with zero attached hydrogens (tertiary/aromatic N) is 4. The van der Waals surface area contributed by atoms with Crippen LogP contribution in [0.15, 0.2) is 65.3 Å². The Morgan fingerprint density at radius 1 is 0.950 bits per heavy atom. The molecule has 0 aliphatic heterocycles. The van der Waals surface area contributed by atoms with Crippen molar-refractivity contribution in [2.45, 2.75) is 32.7 Å². The number of hydrogen-bond donors (Lipinski definition) is 0. The van der Waals surface area contributed by atoms with Crippen LogP contribution in [0.4, 0.5) is 0 Å². The first-order valence-corrected chi connectivity index (χ1v) is 13.0. The van der Waals surface area contributed by atoms with Crippen molar-refractivity contribution in [2.75, 3.05) is 20.8 Å². The molecular formula is C30H30N4O6. The number of methoxy groups -OCH3 is 2. The fourth-order valence-electron chi connectivity index (χ4n) is 4.64. The van der Waals surface area contributed by atoms with Crippen LogP contribution in [-0.4, -0.2) is 52.5 Å². The smallest absolute Gasteiger partial charge is 0.320 e. The third-order valence-corrected chi connectivity index (χ3v) is 6.75. The Balaban J connectivity index is 1.32. The Hall–Kier alpha value is -4.73. The highest BCUT2D eigenvalue weighted by molar-refractivity contribution is 6.08. The summed E-state index contributed by atoms with van der Waals surface area (Å²) in [7, 11) is 2.50. The lowest BCUT2D eigenvalue weighted by Crippen LogP contribution is -2.28. The number of benzene rings is 2. The molecule has 5 aromatic rings. The van der Waals surface area contributed by atoms with Gasteiger partial charge in [0.25, 0.3) is 5.89 Å². The second kappa shape index (κ2) is 11.6. The molecule has 5 rings (SSSR count). The zero-order valence-corrected chi connectivity index (χ0v) is 22.8. The van der Waals surface area contributed by atoms with Crippen LogP contribution >= 0.6 is 0 Å². The van der Waals surface area contributed by atoms with E-state index in [9.17, 15) is 9.59 Å². The molecule has 0 saturated heterocycles. The van der Waals surface area contributed by atoms with Crippen LogP contribution in [0.2, 0.25) is 0 Å². The Morgan fingerprint density at radius 3 is 2.35 bits per heavy atom. The van der Waals surface area contributed by atoms with Gasteiger partial charge in [0.05, 0.1) is 32.5 Å². The van der Waals surface area contributed by atoms with E-state index in [-0.39, 0.29) is 12.3 Å². The molecule has 0 saturated carbocycles. The van der Waals surface area contributed by atoms with Crippen LogP contribution in [0.5, 0.6) is 5.75 Å². The van der Waals surface area contributed by atoms with Gasteiger partial charge in [0, 0.05) is 22.2 Å². The van der Waals surface area contributed by atoms with Gasteiger partial charge >= 0.3 is 11.9 Å². The number of carbonyl (C=O) groups excluding carboxylic acids is 2. The third kappa shape index (κ3) is 5.38. The van der Waals surface area contributed by atoms with Crippen molar-refractivity contribution in [3.05, 3.63) is 72.2 Å². The predicted molar refractivity (Wildman–Crippen MR) is 148 cm³/mol. The number of hydrogen-bond acceptors (Lipinski definition) is 9. The van der Waals surface area contributed by atoms with Crippen LogP contribution in [0, 0.1) is 5.92 Å².